The molecule has 1 fully saturated rings. The van der Waals surface area contributed by atoms with Crippen molar-refractivity contribution in [3.63, 3.8) is 0 Å². The number of aryl methyl sites for hydroxylation is 1. The van der Waals surface area contributed by atoms with Crippen LogP contribution < -0.4 is 4.74 Å². The summed E-state index contributed by atoms with van der Waals surface area (Å²) in [7, 11) is 0. The van der Waals surface area contributed by atoms with E-state index in [1.807, 2.05) is 25.3 Å². The quantitative estimate of drug-likeness (QED) is 0.801. The van der Waals surface area contributed by atoms with Crippen LogP contribution in [0, 0.1) is 6.92 Å². The zero-order valence-electron chi connectivity index (χ0n) is 10.7. The molecule has 1 aromatic heterocycles. The minimum atomic E-state index is 0.741. The second-order valence-corrected chi connectivity index (χ2v) is 4.78. The Morgan fingerprint density at radius 1 is 1.18 bits per heavy atom. The fourth-order valence-corrected chi connectivity index (χ4v) is 2.18. The second-order valence-electron chi connectivity index (χ2n) is 4.78. The SMILES string of the molecule is Cc1ccc(OCCN2CCCCCC2)nc1. The molecule has 0 bridgehead atoms. The number of hydrogen-bond donors (Lipinski definition) is 0. The van der Waals surface area contributed by atoms with E-state index in [2.05, 4.69) is 9.88 Å². The molecule has 1 aliphatic rings. The summed E-state index contributed by atoms with van der Waals surface area (Å²) < 4.78 is 5.65. The molecule has 0 unspecified atom stereocenters. The van der Waals surface area contributed by atoms with Gasteiger partial charge in [0, 0.05) is 18.8 Å². The average Bonchev–Trinajstić information content (AvgIpc) is 2.60. The highest BCUT2D eigenvalue weighted by Gasteiger charge is 2.08. The van der Waals surface area contributed by atoms with Crippen molar-refractivity contribution in [3.05, 3.63) is 23.9 Å². The Balaban J connectivity index is 1.69. The molecule has 0 radical (unpaired) electrons. The molecule has 3 heteroatoms. The number of nitrogens with zero attached hydrogens (tertiary/aromatic N) is 2. The molecule has 17 heavy (non-hydrogen) atoms. The predicted molar refractivity (Wildman–Crippen MR) is 69.4 cm³/mol. The third-order valence-corrected chi connectivity index (χ3v) is 3.24. The van der Waals surface area contributed by atoms with Crippen molar-refractivity contribution in [2.75, 3.05) is 26.2 Å². The van der Waals surface area contributed by atoms with Gasteiger partial charge >= 0.3 is 0 Å². The third-order valence-electron chi connectivity index (χ3n) is 3.24. The molecule has 1 saturated heterocycles. The van der Waals surface area contributed by atoms with Crippen molar-refractivity contribution < 1.29 is 4.74 Å². The van der Waals surface area contributed by atoms with Gasteiger partial charge in [0.15, 0.2) is 0 Å². The van der Waals surface area contributed by atoms with E-state index in [1.54, 1.807) is 0 Å². The van der Waals surface area contributed by atoms with Gasteiger partial charge in [-0.3, -0.25) is 4.90 Å². The van der Waals surface area contributed by atoms with Crippen molar-refractivity contribution in [1.82, 2.24) is 9.88 Å². The van der Waals surface area contributed by atoms with Crippen LogP contribution in [-0.4, -0.2) is 36.1 Å². The van der Waals surface area contributed by atoms with Crippen molar-refractivity contribution in [2.24, 2.45) is 0 Å². The smallest absolute Gasteiger partial charge is 0.213 e. The van der Waals surface area contributed by atoms with Crippen molar-refractivity contribution >= 4 is 0 Å². The molecule has 0 amide bonds. The lowest BCUT2D eigenvalue weighted by Crippen LogP contribution is -2.29. The molecule has 2 rings (SSSR count). The second kappa shape index (κ2) is 6.60. The maximum atomic E-state index is 5.65. The van der Waals surface area contributed by atoms with Crippen LogP contribution in [0.3, 0.4) is 0 Å². The van der Waals surface area contributed by atoms with E-state index < -0.39 is 0 Å². The van der Waals surface area contributed by atoms with Gasteiger partial charge in [-0.1, -0.05) is 18.9 Å². The largest absolute Gasteiger partial charge is 0.476 e. The van der Waals surface area contributed by atoms with Crippen LogP contribution in [0.2, 0.25) is 0 Å². The van der Waals surface area contributed by atoms with E-state index in [-0.39, 0.29) is 0 Å². The van der Waals surface area contributed by atoms with E-state index in [9.17, 15) is 0 Å². The summed E-state index contributed by atoms with van der Waals surface area (Å²) in [4.78, 5) is 6.74. The molecule has 1 aromatic rings. The molecule has 0 atom stereocenters. The van der Waals surface area contributed by atoms with Gasteiger partial charge in [-0.25, -0.2) is 4.98 Å². The lowest BCUT2D eigenvalue weighted by molar-refractivity contribution is 0.209. The van der Waals surface area contributed by atoms with Crippen LogP contribution in [0.15, 0.2) is 18.3 Å². The topological polar surface area (TPSA) is 25.4 Å². The molecule has 94 valence electrons. The molecule has 1 aliphatic heterocycles. The van der Waals surface area contributed by atoms with Gasteiger partial charge in [-0.2, -0.15) is 0 Å². The third kappa shape index (κ3) is 4.35. The number of hydrogen-bond acceptors (Lipinski definition) is 3. The lowest BCUT2D eigenvalue weighted by atomic mass is 10.2. The predicted octanol–water partition coefficient (Wildman–Crippen LogP) is 2.64. The van der Waals surface area contributed by atoms with Gasteiger partial charge in [0.05, 0.1) is 0 Å². The van der Waals surface area contributed by atoms with Crippen LogP contribution >= 0.6 is 0 Å². The van der Waals surface area contributed by atoms with Crippen LogP contribution in [0.25, 0.3) is 0 Å². The number of pyridine rings is 1. The first-order valence-electron chi connectivity index (χ1n) is 6.62. The first-order valence-corrected chi connectivity index (χ1v) is 6.62. The Morgan fingerprint density at radius 2 is 1.94 bits per heavy atom. The molecule has 0 spiro atoms. The zero-order valence-corrected chi connectivity index (χ0v) is 10.7. The minimum Gasteiger partial charge on any atom is -0.476 e. The Kier molecular flexibility index (Phi) is 4.80. The van der Waals surface area contributed by atoms with Gasteiger partial charge in [-0.05, 0) is 38.4 Å². The fraction of sp³-hybridized carbons (Fsp3) is 0.643. The molecular weight excluding hydrogens is 212 g/mol. The van der Waals surface area contributed by atoms with Crippen LogP contribution in [0.5, 0.6) is 5.88 Å². The van der Waals surface area contributed by atoms with Crippen LogP contribution in [-0.2, 0) is 0 Å². The van der Waals surface area contributed by atoms with Crippen LogP contribution in [0.1, 0.15) is 31.2 Å². The van der Waals surface area contributed by atoms with Crippen molar-refractivity contribution in [2.45, 2.75) is 32.6 Å². The van der Waals surface area contributed by atoms with Gasteiger partial charge < -0.3 is 4.74 Å². The summed E-state index contributed by atoms with van der Waals surface area (Å²) >= 11 is 0. The Morgan fingerprint density at radius 3 is 2.59 bits per heavy atom. The summed E-state index contributed by atoms with van der Waals surface area (Å²) in [5.41, 5.74) is 1.17. The van der Waals surface area contributed by atoms with E-state index in [0.717, 1.165) is 19.0 Å². The summed E-state index contributed by atoms with van der Waals surface area (Å²) in [6.45, 7) is 6.26. The molecule has 0 N–H and O–H groups in total. The van der Waals surface area contributed by atoms with Crippen molar-refractivity contribution in [3.8, 4) is 5.88 Å². The normalized spacial score (nSPS) is 17.7. The lowest BCUT2D eigenvalue weighted by Gasteiger charge is -2.19. The van der Waals surface area contributed by atoms with Crippen LogP contribution in [0.4, 0.5) is 0 Å². The monoisotopic (exact) mass is 234 g/mol. The van der Waals surface area contributed by atoms with E-state index in [0.29, 0.717) is 0 Å². The highest BCUT2D eigenvalue weighted by atomic mass is 16.5. The molecule has 3 nitrogen and oxygen atoms in total. The fourth-order valence-electron chi connectivity index (χ4n) is 2.18. The summed E-state index contributed by atoms with van der Waals surface area (Å²) in [6, 6.07) is 3.98. The zero-order chi connectivity index (χ0) is 11.9. The van der Waals surface area contributed by atoms with Crippen molar-refractivity contribution in [1.29, 1.82) is 0 Å². The highest BCUT2D eigenvalue weighted by Crippen LogP contribution is 2.10. The summed E-state index contributed by atoms with van der Waals surface area (Å²) in [5.74, 6) is 0.741. The molecule has 0 aromatic carbocycles. The van der Waals surface area contributed by atoms with E-state index in [1.165, 1.54) is 44.3 Å². The number of likely N-dealkylation sites (tertiary alicyclic amines) is 1. The molecule has 0 aliphatic carbocycles. The number of aromatic nitrogens is 1. The highest BCUT2D eigenvalue weighted by molar-refractivity contribution is 5.16. The average molecular weight is 234 g/mol. The Bertz CT molecular complexity index is 315. The Labute approximate surface area is 104 Å². The Hall–Kier alpha value is -1.09. The van der Waals surface area contributed by atoms with E-state index in [4.69, 9.17) is 4.74 Å². The van der Waals surface area contributed by atoms with Gasteiger partial charge in [0.1, 0.15) is 6.61 Å². The molecular formula is C14H22N2O. The van der Waals surface area contributed by atoms with Gasteiger partial charge in [0.25, 0.3) is 0 Å². The number of rotatable bonds is 4. The summed E-state index contributed by atoms with van der Waals surface area (Å²) in [6.07, 6.45) is 7.29. The van der Waals surface area contributed by atoms with Gasteiger partial charge in [-0.15, -0.1) is 0 Å². The first kappa shape index (κ1) is 12.4. The summed E-state index contributed by atoms with van der Waals surface area (Å²) in [5, 5.41) is 0. The van der Waals surface area contributed by atoms with E-state index >= 15 is 0 Å². The standard InChI is InChI=1S/C14H22N2O/c1-13-6-7-14(15-12-13)17-11-10-16-8-4-2-3-5-9-16/h6-7,12H,2-5,8-11H2,1H3. The maximum absolute atomic E-state index is 5.65. The molecule has 2 heterocycles. The minimum absolute atomic E-state index is 0.741. The molecule has 0 saturated carbocycles. The number of ether oxygens (including phenoxy) is 1. The first-order chi connectivity index (χ1) is 8.34. The maximum Gasteiger partial charge on any atom is 0.213 e. The van der Waals surface area contributed by atoms with Gasteiger partial charge in [0.2, 0.25) is 5.88 Å².